The second kappa shape index (κ2) is 5.87. The van der Waals surface area contributed by atoms with Gasteiger partial charge in [0, 0.05) is 13.1 Å². The summed E-state index contributed by atoms with van der Waals surface area (Å²) < 4.78 is 38.7. The number of hydrazine groups is 1. The summed E-state index contributed by atoms with van der Waals surface area (Å²) in [6, 6.07) is 2.02. The van der Waals surface area contributed by atoms with Crippen LogP contribution in [0.1, 0.15) is 31.7 Å². The molecule has 1 fully saturated rings. The lowest BCUT2D eigenvalue weighted by Gasteiger charge is -2.24. The average Bonchev–Trinajstić information content (AvgIpc) is 3.20. The number of nitrogen functional groups attached to an aromatic ring is 1. The molecular weight excluding hydrogens is 269 g/mol. The van der Waals surface area contributed by atoms with Gasteiger partial charge >= 0.3 is 6.18 Å². The predicted molar refractivity (Wildman–Crippen MR) is 72.3 cm³/mol. The van der Waals surface area contributed by atoms with E-state index in [4.69, 9.17) is 5.84 Å². The van der Waals surface area contributed by atoms with E-state index in [1.54, 1.807) is 0 Å². The van der Waals surface area contributed by atoms with E-state index in [1.807, 2.05) is 11.8 Å². The van der Waals surface area contributed by atoms with Crippen molar-refractivity contribution in [1.29, 1.82) is 0 Å². The van der Waals surface area contributed by atoms with Crippen LogP contribution < -0.4 is 16.2 Å². The fourth-order valence-electron chi connectivity index (χ4n) is 2.10. The van der Waals surface area contributed by atoms with E-state index in [9.17, 15) is 13.2 Å². The van der Waals surface area contributed by atoms with Crippen LogP contribution in [0.4, 0.5) is 24.8 Å². The number of halogens is 3. The highest BCUT2D eigenvalue weighted by Gasteiger charge is 2.33. The number of nitrogens with one attached hydrogen (secondary N) is 1. The molecule has 0 spiro atoms. The van der Waals surface area contributed by atoms with Gasteiger partial charge in [-0.15, -0.1) is 0 Å². The molecule has 3 N–H and O–H groups in total. The number of hydrogen-bond acceptors (Lipinski definition) is 4. The fraction of sp³-hybridized carbons (Fsp3) is 0.615. The van der Waals surface area contributed by atoms with Crippen LogP contribution in [-0.2, 0) is 6.18 Å². The second-order valence-corrected chi connectivity index (χ2v) is 5.13. The highest BCUT2D eigenvalue weighted by molar-refractivity contribution is 5.51. The van der Waals surface area contributed by atoms with Crippen molar-refractivity contribution >= 4 is 11.6 Å². The molecule has 1 aromatic rings. The Morgan fingerprint density at radius 2 is 2.10 bits per heavy atom. The number of nitrogens with two attached hydrogens (primary N) is 1. The number of aromatic nitrogens is 1. The van der Waals surface area contributed by atoms with Crippen LogP contribution in [0.25, 0.3) is 0 Å². The molecule has 7 heteroatoms. The molecule has 1 saturated carbocycles. The molecule has 1 aliphatic carbocycles. The van der Waals surface area contributed by atoms with Crippen LogP contribution in [0.15, 0.2) is 12.1 Å². The Hall–Kier alpha value is -1.50. The van der Waals surface area contributed by atoms with Crippen LogP contribution >= 0.6 is 0 Å². The van der Waals surface area contributed by atoms with Gasteiger partial charge in [-0.25, -0.2) is 10.8 Å². The standard InChI is InChI=1S/C13H19F3N4/c1-2-5-20(8-9-3-4-9)12-7-10(13(14,15)16)6-11(18-12)19-17/h6-7,9H,2-5,8,17H2,1H3,(H,18,19). The number of anilines is 2. The number of pyridine rings is 1. The molecule has 0 atom stereocenters. The zero-order chi connectivity index (χ0) is 14.8. The minimum absolute atomic E-state index is 0.0340. The second-order valence-electron chi connectivity index (χ2n) is 5.13. The molecule has 4 nitrogen and oxygen atoms in total. The zero-order valence-electron chi connectivity index (χ0n) is 11.4. The molecule has 0 amide bonds. The summed E-state index contributed by atoms with van der Waals surface area (Å²) in [4.78, 5) is 6.07. The lowest BCUT2D eigenvalue weighted by Crippen LogP contribution is -2.28. The van der Waals surface area contributed by atoms with Gasteiger partial charge in [-0.2, -0.15) is 13.2 Å². The number of alkyl halides is 3. The summed E-state index contributed by atoms with van der Waals surface area (Å²) in [5.41, 5.74) is 1.48. The highest BCUT2D eigenvalue weighted by atomic mass is 19.4. The van der Waals surface area contributed by atoms with Crippen molar-refractivity contribution in [2.24, 2.45) is 11.8 Å². The van der Waals surface area contributed by atoms with Crippen molar-refractivity contribution in [1.82, 2.24) is 4.98 Å². The summed E-state index contributed by atoms with van der Waals surface area (Å²) >= 11 is 0. The van der Waals surface area contributed by atoms with Crippen molar-refractivity contribution in [2.45, 2.75) is 32.4 Å². The van der Waals surface area contributed by atoms with E-state index in [1.165, 1.54) is 0 Å². The minimum atomic E-state index is -4.40. The first-order valence-electron chi connectivity index (χ1n) is 6.75. The van der Waals surface area contributed by atoms with Crippen molar-refractivity contribution in [3.05, 3.63) is 17.7 Å². The van der Waals surface area contributed by atoms with Crippen molar-refractivity contribution in [3.8, 4) is 0 Å². The predicted octanol–water partition coefficient (Wildman–Crippen LogP) is 3.01. The van der Waals surface area contributed by atoms with Gasteiger partial charge in [-0.1, -0.05) is 6.92 Å². The summed E-state index contributed by atoms with van der Waals surface area (Å²) in [7, 11) is 0. The third-order valence-corrected chi connectivity index (χ3v) is 3.28. The van der Waals surface area contributed by atoms with Gasteiger partial charge in [0.15, 0.2) is 0 Å². The molecule has 1 heterocycles. The third kappa shape index (κ3) is 3.75. The Morgan fingerprint density at radius 3 is 2.60 bits per heavy atom. The maximum atomic E-state index is 12.9. The molecule has 0 aromatic carbocycles. The van der Waals surface area contributed by atoms with Crippen molar-refractivity contribution < 1.29 is 13.2 Å². The van der Waals surface area contributed by atoms with E-state index in [0.717, 1.165) is 37.9 Å². The summed E-state index contributed by atoms with van der Waals surface area (Å²) in [5.74, 6) is 6.17. The number of nitrogens with zero attached hydrogens (tertiary/aromatic N) is 2. The van der Waals surface area contributed by atoms with Gasteiger partial charge in [0.1, 0.15) is 11.6 Å². The first-order chi connectivity index (χ1) is 9.44. The van der Waals surface area contributed by atoms with E-state index < -0.39 is 11.7 Å². The fourth-order valence-corrected chi connectivity index (χ4v) is 2.10. The van der Waals surface area contributed by atoms with Gasteiger partial charge in [0.25, 0.3) is 0 Å². The minimum Gasteiger partial charge on any atom is -0.356 e. The van der Waals surface area contributed by atoms with E-state index in [0.29, 0.717) is 18.3 Å². The molecule has 112 valence electrons. The molecule has 1 aromatic heterocycles. The van der Waals surface area contributed by atoms with Gasteiger partial charge in [-0.3, -0.25) is 0 Å². The SMILES string of the molecule is CCCN(CC1CC1)c1cc(C(F)(F)F)cc(NN)n1. The highest BCUT2D eigenvalue weighted by Crippen LogP contribution is 2.35. The largest absolute Gasteiger partial charge is 0.416 e. The number of rotatable bonds is 6. The van der Waals surface area contributed by atoms with Gasteiger partial charge in [0.05, 0.1) is 5.56 Å². The molecule has 20 heavy (non-hydrogen) atoms. The number of hydrogen-bond donors (Lipinski definition) is 2. The molecule has 0 saturated heterocycles. The Kier molecular flexibility index (Phi) is 4.37. The quantitative estimate of drug-likeness (QED) is 0.624. The molecule has 0 bridgehead atoms. The van der Waals surface area contributed by atoms with E-state index in [2.05, 4.69) is 10.4 Å². The van der Waals surface area contributed by atoms with Crippen molar-refractivity contribution in [2.75, 3.05) is 23.4 Å². The molecule has 0 unspecified atom stereocenters. The molecule has 1 aliphatic rings. The average molecular weight is 288 g/mol. The van der Waals surface area contributed by atoms with Crippen LogP contribution in [0.2, 0.25) is 0 Å². The Bertz CT molecular complexity index is 457. The summed E-state index contributed by atoms with van der Waals surface area (Å²) in [6.45, 7) is 3.44. The maximum Gasteiger partial charge on any atom is 0.416 e. The Labute approximate surface area is 116 Å². The monoisotopic (exact) mass is 288 g/mol. The summed E-state index contributed by atoms with van der Waals surface area (Å²) in [6.07, 6.45) is -1.26. The Morgan fingerprint density at radius 1 is 1.40 bits per heavy atom. The lowest BCUT2D eigenvalue weighted by atomic mass is 10.2. The van der Waals surface area contributed by atoms with E-state index in [-0.39, 0.29) is 5.82 Å². The first kappa shape index (κ1) is 14.9. The van der Waals surface area contributed by atoms with Crippen LogP contribution in [-0.4, -0.2) is 18.1 Å². The lowest BCUT2D eigenvalue weighted by molar-refractivity contribution is -0.137. The van der Waals surface area contributed by atoms with Gasteiger partial charge in [0.2, 0.25) is 0 Å². The summed E-state index contributed by atoms with van der Waals surface area (Å²) in [5, 5.41) is 0. The topological polar surface area (TPSA) is 54.2 Å². The first-order valence-corrected chi connectivity index (χ1v) is 6.75. The van der Waals surface area contributed by atoms with Crippen LogP contribution in [0.3, 0.4) is 0 Å². The molecule has 2 rings (SSSR count). The smallest absolute Gasteiger partial charge is 0.356 e. The normalized spacial score (nSPS) is 15.2. The van der Waals surface area contributed by atoms with Gasteiger partial charge in [-0.05, 0) is 37.3 Å². The van der Waals surface area contributed by atoms with E-state index >= 15 is 0 Å². The third-order valence-electron chi connectivity index (χ3n) is 3.28. The molecule has 0 aliphatic heterocycles. The zero-order valence-corrected chi connectivity index (χ0v) is 11.4. The molecule has 0 radical (unpaired) electrons. The molecular formula is C13H19F3N4. The van der Waals surface area contributed by atoms with Crippen LogP contribution in [0.5, 0.6) is 0 Å². The Balaban J connectivity index is 2.31. The maximum absolute atomic E-state index is 12.9. The van der Waals surface area contributed by atoms with Crippen molar-refractivity contribution in [3.63, 3.8) is 0 Å². The van der Waals surface area contributed by atoms with Crippen LogP contribution in [0, 0.1) is 5.92 Å². The van der Waals surface area contributed by atoms with Gasteiger partial charge < -0.3 is 10.3 Å².